The van der Waals surface area contributed by atoms with Gasteiger partial charge < -0.3 is 5.73 Å². The van der Waals surface area contributed by atoms with Crippen LogP contribution in [0.1, 0.15) is 5.56 Å². The molecule has 0 fully saturated rings. The first-order valence-corrected chi connectivity index (χ1v) is 8.25. The quantitative estimate of drug-likeness (QED) is 0.743. The lowest BCUT2D eigenvalue weighted by Gasteiger charge is -2.29. The van der Waals surface area contributed by atoms with Gasteiger partial charge in [-0.3, -0.25) is 0 Å². The molecule has 1 aliphatic carbocycles. The van der Waals surface area contributed by atoms with E-state index in [1.165, 1.54) is 20.9 Å². The molecular formula is C15H17NS. The molecule has 1 aliphatic heterocycles. The van der Waals surface area contributed by atoms with E-state index < -0.39 is 10.0 Å². The molecule has 2 heteroatoms. The van der Waals surface area contributed by atoms with Crippen molar-refractivity contribution in [2.45, 2.75) is 10.9 Å². The zero-order valence-corrected chi connectivity index (χ0v) is 11.0. The smallest absolute Gasteiger partial charge is 0.0427 e. The first-order valence-electron chi connectivity index (χ1n) is 5.80. The molecule has 0 saturated carbocycles. The number of benzene rings is 1. The van der Waals surface area contributed by atoms with Crippen molar-refractivity contribution in [3.05, 3.63) is 59.0 Å². The van der Waals surface area contributed by atoms with Crippen molar-refractivity contribution in [1.82, 2.24) is 0 Å². The second-order valence-corrected chi connectivity index (χ2v) is 8.43. The van der Waals surface area contributed by atoms with Crippen LogP contribution in [0.4, 0.5) is 0 Å². The summed E-state index contributed by atoms with van der Waals surface area (Å²) in [6.45, 7) is 0. The molecule has 88 valence electrons. The third-order valence-electron chi connectivity index (χ3n) is 3.48. The molecule has 0 amide bonds. The number of fused-ring (bicyclic) bond motifs is 3. The minimum absolute atomic E-state index is 0.0415. The predicted molar refractivity (Wildman–Crippen MR) is 77.3 cm³/mol. The van der Waals surface area contributed by atoms with Crippen LogP contribution in [0, 0.1) is 0 Å². The topological polar surface area (TPSA) is 26.0 Å². The van der Waals surface area contributed by atoms with E-state index >= 15 is 0 Å². The summed E-state index contributed by atoms with van der Waals surface area (Å²) in [6, 6.07) is 8.78. The van der Waals surface area contributed by atoms with Gasteiger partial charge in [-0.1, -0.05) is 42.5 Å². The molecule has 3 rings (SSSR count). The molecule has 0 radical (unpaired) electrons. The van der Waals surface area contributed by atoms with Gasteiger partial charge in [-0.2, -0.15) is 10.0 Å². The van der Waals surface area contributed by atoms with Gasteiger partial charge in [-0.15, -0.1) is 0 Å². The van der Waals surface area contributed by atoms with E-state index in [9.17, 15) is 0 Å². The predicted octanol–water partition coefficient (Wildman–Crippen LogP) is 3.29. The number of allylic oxidation sites excluding steroid dienone is 3. The average Bonchev–Trinajstić information content (AvgIpc) is 2.45. The Hall–Kier alpha value is -1.25. The fourth-order valence-electron chi connectivity index (χ4n) is 2.60. The summed E-state index contributed by atoms with van der Waals surface area (Å²) in [5.74, 6) is 0. The van der Waals surface area contributed by atoms with Gasteiger partial charge in [0.2, 0.25) is 0 Å². The van der Waals surface area contributed by atoms with Crippen LogP contribution in [0.3, 0.4) is 0 Å². The van der Waals surface area contributed by atoms with E-state index in [1.54, 1.807) is 0 Å². The number of hydrogen-bond acceptors (Lipinski definition) is 1. The van der Waals surface area contributed by atoms with E-state index in [-0.39, 0.29) is 6.04 Å². The van der Waals surface area contributed by atoms with Crippen LogP contribution in [0.5, 0.6) is 0 Å². The second-order valence-electron chi connectivity index (χ2n) is 4.90. The van der Waals surface area contributed by atoms with Crippen LogP contribution in [-0.4, -0.2) is 18.6 Å². The lowest BCUT2D eigenvalue weighted by Crippen LogP contribution is -2.13. The van der Waals surface area contributed by atoms with Gasteiger partial charge in [0.05, 0.1) is 0 Å². The lowest BCUT2D eigenvalue weighted by molar-refractivity contribution is 1.03. The minimum atomic E-state index is -0.890. The van der Waals surface area contributed by atoms with Gasteiger partial charge in [-0.25, -0.2) is 0 Å². The summed E-state index contributed by atoms with van der Waals surface area (Å²) >= 11 is 0. The summed E-state index contributed by atoms with van der Waals surface area (Å²) in [7, 11) is -0.890. The van der Waals surface area contributed by atoms with Gasteiger partial charge in [0.25, 0.3) is 0 Å². The third-order valence-corrected chi connectivity index (χ3v) is 6.39. The van der Waals surface area contributed by atoms with Crippen LogP contribution in [0.15, 0.2) is 58.4 Å². The molecule has 1 unspecified atom stereocenters. The van der Waals surface area contributed by atoms with Crippen LogP contribution in [0.2, 0.25) is 0 Å². The molecule has 0 bridgehead atoms. The summed E-state index contributed by atoms with van der Waals surface area (Å²) in [5.41, 5.74) is 8.82. The SMILES string of the molecule is CS1(C)C2=CC(N)C=CC=C2c2ccccc21. The first kappa shape index (κ1) is 10.9. The standard InChI is InChI=1S/C15H17NS/c1-17(2)14-9-4-3-7-12(14)13-8-5-6-11(16)10-15(13)17/h3-11H,16H2,1-2H3. The molecule has 2 N–H and O–H groups in total. The Morgan fingerprint density at radius 2 is 1.94 bits per heavy atom. The van der Waals surface area contributed by atoms with Crippen molar-refractivity contribution in [2.75, 3.05) is 12.5 Å². The molecule has 0 aromatic heterocycles. The molecule has 2 aliphatic rings. The maximum Gasteiger partial charge on any atom is 0.0427 e. The Bertz CT molecular complexity index is 564. The van der Waals surface area contributed by atoms with Gasteiger partial charge in [0, 0.05) is 10.9 Å². The van der Waals surface area contributed by atoms with Crippen LogP contribution < -0.4 is 5.73 Å². The van der Waals surface area contributed by atoms with Crippen molar-refractivity contribution >= 4 is 15.6 Å². The van der Waals surface area contributed by atoms with E-state index in [2.05, 4.69) is 61.1 Å². The molecule has 1 heterocycles. The normalized spacial score (nSPS) is 26.4. The maximum absolute atomic E-state index is 6.06. The zero-order chi connectivity index (χ0) is 12.0. The Balaban J connectivity index is 2.31. The molecule has 1 nitrogen and oxygen atoms in total. The fourth-order valence-corrected chi connectivity index (χ4v) is 5.21. The highest BCUT2D eigenvalue weighted by Gasteiger charge is 2.34. The van der Waals surface area contributed by atoms with E-state index in [0.717, 1.165) is 0 Å². The molecule has 1 atom stereocenters. The van der Waals surface area contributed by atoms with Crippen LogP contribution in [-0.2, 0) is 0 Å². The summed E-state index contributed by atoms with van der Waals surface area (Å²) in [4.78, 5) is 2.93. The zero-order valence-electron chi connectivity index (χ0n) is 10.2. The van der Waals surface area contributed by atoms with Crippen molar-refractivity contribution < 1.29 is 0 Å². The number of rotatable bonds is 0. The summed E-state index contributed by atoms with van der Waals surface area (Å²) in [5, 5.41) is 0. The average molecular weight is 243 g/mol. The highest BCUT2D eigenvalue weighted by atomic mass is 32.3. The summed E-state index contributed by atoms with van der Waals surface area (Å²) in [6.07, 6.45) is 13.3. The van der Waals surface area contributed by atoms with Crippen LogP contribution in [0.25, 0.3) is 5.57 Å². The molecule has 0 saturated heterocycles. The Kier molecular flexibility index (Phi) is 2.32. The lowest BCUT2D eigenvalue weighted by atomic mass is 10.1. The minimum Gasteiger partial charge on any atom is -0.321 e. The molecule has 17 heavy (non-hydrogen) atoms. The maximum atomic E-state index is 6.06. The largest absolute Gasteiger partial charge is 0.321 e. The molecular weight excluding hydrogens is 226 g/mol. The van der Waals surface area contributed by atoms with Crippen molar-refractivity contribution in [3.63, 3.8) is 0 Å². The summed E-state index contributed by atoms with van der Waals surface area (Å²) < 4.78 is 0. The fraction of sp³-hybridized carbons (Fsp3) is 0.200. The van der Waals surface area contributed by atoms with Crippen molar-refractivity contribution in [2.24, 2.45) is 5.73 Å². The Morgan fingerprint density at radius 1 is 1.18 bits per heavy atom. The van der Waals surface area contributed by atoms with Crippen molar-refractivity contribution in [3.8, 4) is 0 Å². The Labute approximate surface area is 104 Å². The van der Waals surface area contributed by atoms with Gasteiger partial charge in [0.15, 0.2) is 0 Å². The van der Waals surface area contributed by atoms with E-state index in [0.29, 0.717) is 0 Å². The highest BCUT2D eigenvalue weighted by Crippen LogP contribution is 2.67. The van der Waals surface area contributed by atoms with Crippen molar-refractivity contribution in [1.29, 1.82) is 0 Å². The Morgan fingerprint density at radius 3 is 2.76 bits per heavy atom. The van der Waals surface area contributed by atoms with E-state index in [4.69, 9.17) is 5.73 Å². The van der Waals surface area contributed by atoms with E-state index in [1.807, 2.05) is 0 Å². The third kappa shape index (κ3) is 1.52. The second kappa shape index (κ2) is 3.62. The first-order chi connectivity index (χ1) is 8.10. The molecule has 0 spiro atoms. The molecule has 1 aromatic rings. The van der Waals surface area contributed by atoms with Gasteiger partial charge in [-0.05, 0) is 34.6 Å². The number of nitrogens with two attached hydrogens (primary N) is 1. The van der Waals surface area contributed by atoms with Crippen LogP contribution >= 0.6 is 10.0 Å². The van der Waals surface area contributed by atoms with Gasteiger partial charge in [0.1, 0.15) is 0 Å². The highest BCUT2D eigenvalue weighted by molar-refractivity contribution is 8.36. The van der Waals surface area contributed by atoms with Gasteiger partial charge >= 0.3 is 0 Å². The molecule has 1 aromatic carbocycles. The number of hydrogen-bond donors (Lipinski definition) is 1. The monoisotopic (exact) mass is 243 g/mol.